The second-order valence-electron chi connectivity index (χ2n) is 6.28. The quantitative estimate of drug-likeness (QED) is 0.784. The molecule has 112 valence electrons. The number of likely N-dealkylation sites (tertiary alicyclic amines) is 1. The molecule has 0 bridgehead atoms. The minimum Gasteiger partial charge on any atom is -0.342 e. The normalized spacial score (nSPS) is 19.0. The van der Waals surface area contributed by atoms with Gasteiger partial charge >= 0.3 is 0 Å². The molecule has 3 nitrogen and oxygen atoms in total. The smallest absolute Gasteiger partial charge is 0.137 e. The lowest BCUT2D eigenvalue weighted by atomic mass is 10.1. The van der Waals surface area contributed by atoms with E-state index in [1.165, 1.54) is 41.6 Å². The Hall–Kier alpha value is -2.13. The van der Waals surface area contributed by atoms with Crippen molar-refractivity contribution < 1.29 is 0 Å². The Balaban J connectivity index is 1.58. The maximum atomic E-state index is 4.42. The molecule has 3 heterocycles. The largest absolute Gasteiger partial charge is 0.342 e. The first kappa shape index (κ1) is 13.5. The third kappa shape index (κ3) is 2.53. The molecule has 1 aliphatic heterocycles. The fraction of sp³-hybridized carbons (Fsp3) is 0.316. The molecule has 1 atom stereocenters. The van der Waals surface area contributed by atoms with E-state index in [2.05, 4.69) is 58.2 Å². The molecule has 1 saturated heterocycles. The molecule has 0 amide bonds. The van der Waals surface area contributed by atoms with Crippen molar-refractivity contribution in [2.45, 2.75) is 32.4 Å². The Kier molecular flexibility index (Phi) is 3.43. The van der Waals surface area contributed by atoms with Crippen molar-refractivity contribution in [2.75, 3.05) is 6.54 Å². The predicted molar refractivity (Wildman–Crippen MR) is 89.7 cm³/mol. The van der Waals surface area contributed by atoms with Crippen molar-refractivity contribution >= 4 is 11.0 Å². The summed E-state index contributed by atoms with van der Waals surface area (Å²) in [5.41, 5.74) is 5.02. The number of pyridine rings is 1. The summed E-state index contributed by atoms with van der Waals surface area (Å²) in [6, 6.07) is 15.8. The first-order chi connectivity index (χ1) is 10.8. The van der Waals surface area contributed by atoms with Gasteiger partial charge < -0.3 is 4.98 Å². The first-order valence-electron chi connectivity index (χ1n) is 8.03. The molecule has 0 radical (unpaired) electrons. The maximum absolute atomic E-state index is 4.42. The van der Waals surface area contributed by atoms with Gasteiger partial charge in [-0.3, -0.25) is 4.90 Å². The summed E-state index contributed by atoms with van der Waals surface area (Å²) in [6.07, 6.45) is 4.33. The number of nitrogens with zero attached hydrogens (tertiary/aromatic N) is 2. The Morgan fingerprint density at radius 2 is 2.09 bits per heavy atom. The number of rotatable bonds is 3. The Bertz CT molecular complexity index is 740. The van der Waals surface area contributed by atoms with E-state index in [1.54, 1.807) is 0 Å². The number of benzene rings is 1. The SMILES string of the molecule is Cc1ccc(CN2CCCC2c2cc3cccnc3[nH]2)cc1. The van der Waals surface area contributed by atoms with E-state index in [9.17, 15) is 0 Å². The van der Waals surface area contributed by atoms with Gasteiger partial charge in [-0.25, -0.2) is 4.98 Å². The molecule has 1 aromatic carbocycles. The summed E-state index contributed by atoms with van der Waals surface area (Å²) in [5.74, 6) is 0. The number of aryl methyl sites for hydroxylation is 1. The number of nitrogens with one attached hydrogen (secondary N) is 1. The minimum atomic E-state index is 0.482. The number of fused-ring (bicyclic) bond motifs is 1. The van der Waals surface area contributed by atoms with Crippen LogP contribution >= 0.6 is 0 Å². The molecular weight excluding hydrogens is 270 g/mol. The lowest BCUT2D eigenvalue weighted by molar-refractivity contribution is 0.245. The van der Waals surface area contributed by atoms with Crippen LogP contribution in [0.15, 0.2) is 48.7 Å². The van der Waals surface area contributed by atoms with Gasteiger partial charge in [-0.1, -0.05) is 29.8 Å². The van der Waals surface area contributed by atoms with Crippen molar-refractivity contribution in [1.29, 1.82) is 0 Å². The summed E-state index contributed by atoms with van der Waals surface area (Å²) >= 11 is 0. The topological polar surface area (TPSA) is 31.9 Å². The molecule has 2 aromatic heterocycles. The second kappa shape index (κ2) is 5.58. The van der Waals surface area contributed by atoms with Gasteiger partial charge in [-0.05, 0) is 50.1 Å². The molecule has 0 spiro atoms. The standard InChI is InChI=1S/C19H21N3/c1-14-6-8-15(9-7-14)13-22-11-3-5-18(22)17-12-16-4-2-10-20-19(16)21-17/h2,4,6-10,12,18H,3,5,11,13H2,1H3,(H,20,21). The average Bonchev–Trinajstić information content (AvgIpc) is 3.15. The molecule has 3 aromatic rings. The van der Waals surface area contributed by atoms with Gasteiger partial charge in [0.25, 0.3) is 0 Å². The number of H-pyrrole nitrogens is 1. The number of hydrogen-bond acceptors (Lipinski definition) is 2. The van der Waals surface area contributed by atoms with Crippen LogP contribution in [0.5, 0.6) is 0 Å². The number of aromatic amines is 1. The van der Waals surface area contributed by atoms with Crippen LogP contribution in [0.2, 0.25) is 0 Å². The zero-order valence-electron chi connectivity index (χ0n) is 12.9. The van der Waals surface area contributed by atoms with Gasteiger partial charge in [0.1, 0.15) is 5.65 Å². The molecular formula is C19H21N3. The number of hydrogen-bond donors (Lipinski definition) is 1. The van der Waals surface area contributed by atoms with Gasteiger partial charge in [0.05, 0.1) is 6.04 Å². The lowest BCUT2D eigenvalue weighted by Gasteiger charge is -2.23. The van der Waals surface area contributed by atoms with Crippen molar-refractivity contribution in [2.24, 2.45) is 0 Å². The maximum Gasteiger partial charge on any atom is 0.137 e. The van der Waals surface area contributed by atoms with Gasteiger partial charge in [-0.15, -0.1) is 0 Å². The highest BCUT2D eigenvalue weighted by Crippen LogP contribution is 2.33. The molecule has 0 aliphatic carbocycles. The fourth-order valence-corrected chi connectivity index (χ4v) is 3.45. The zero-order valence-corrected chi connectivity index (χ0v) is 12.9. The molecule has 3 heteroatoms. The van der Waals surface area contributed by atoms with E-state index < -0.39 is 0 Å². The Labute approximate surface area is 131 Å². The minimum absolute atomic E-state index is 0.482. The van der Waals surface area contributed by atoms with Crippen LogP contribution in [0.25, 0.3) is 11.0 Å². The van der Waals surface area contributed by atoms with Gasteiger partial charge in [0, 0.05) is 23.8 Å². The highest BCUT2D eigenvalue weighted by atomic mass is 15.2. The van der Waals surface area contributed by atoms with E-state index in [4.69, 9.17) is 0 Å². The third-order valence-electron chi connectivity index (χ3n) is 4.64. The van der Waals surface area contributed by atoms with Gasteiger partial charge in [-0.2, -0.15) is 0 Å². The van der Waals surface area contributed by atoms with Crippen LogP contribution < -0.4 is 0 Å². The van der Waals surface area contributed by atoms with Crippen molar-refractivity contribution in [3.05, 3.63) is 65.5 Å². The van der Waals surface area contributed by atoms with Crippen molar-refractivity contribution in [1.82, 2.24) is 14.9 Å². The van der Waals surface area contributed by atoms with E-state index in [-0.39, 0.29) is 0 Å². The predicted octanol–water partition coefficient (Wildman–Crippen LogP) is 4.21. The second-order valence-corrected chi connectivity index (χ2v) is 6.28. The van der Waals surface area contributed by atoms with E-state index in [0.717, 1.165) is 12.2 Å². The molecule has 4 rings (SSSR count). The average molecular weight is 291 g/mol. The van der Waals surface area contributed by atoms with Gasteiger partial charge in [0.15, 0.2) is 0 Å². The summed E-state index contributed by atoms with van der Waals surface area (Å²) in [7, 11) is 0. The Morgan fingerprint density at radius 1 is 1.23 bits per heavy atom. The van der Waals surface area contributed by atoms with Crippen LogP contribution in [0.4, 0.5) is 0 Å². The lowest BCUT2D eigenvalue weighted by Crippen LogP contribution is -2.22. The highest BCUT2D eigenvalue weighted by molar-refractivity contribution is 5.76. The van der Waals surface area contributed by atoms with Crippen molar-refractivity contribution in [3.8, 4) is 0 Å². The van der Waals surface area contributed by atoms with Crippen LogP contribution in [0.3, 0.4) is 0 Å². The fourth-order valence-electron chi connectivity index (χ4n) is 3.45. The Morgan fingerprint density at radius 3 is 2.91 bits per heavy atom. The van der Waals surface area contributed by atoms with Crippen LogP contribution in [0, 0.1) is 6.92 Å². The first-order valence-corrected chi connectivity index (χ1v) is 8.03. The summed E-state index contributed by atoms with van der Waals surface area (Å²) in [4.78, 5) is 10.5. The zero-order chi connectivity index (χ0) is 14.9. The monoisotopic (exact) mass is 291 g/mol. The van der Waals surface area contributed by atoms with Gasteiger partial charge in [0.2, 0.25) is 0 Å². The summed E-state index contributed by atoms with van der Waals surface area (Å²) in [5, 5.41) is 1.21. The van der Waals surface area contributed by atoms with Crippen LogP contribution in [0.1, 0.15) is 35.7 Å². The molecule has 1 unspecified atom stereocenters. The summed E-state index contributed by atoms with van der Waals surface area (Å²) in [6.45, 7) is 4.33. The summed E-state index contributed by atoms with van der Waals surface area (Å²) < 4.78 is 0. The molecule has 1 aliphatic rings. The van der Waals surface area contributed by atoms with Crippen LogP contribution in [-0.2, 0) is 6.54 Å². The molecule has 22 heavy (non-hydrogen) atoms. The van der Waals surface area contributed by atoms with E-state index >= 15 is 0 Å². The van der Waals surface area contributed by atoms with Crippen LogP contribution in [-0.4, -0.2) is 21.4 Å². The molecule has 1 N–H and O–H groups in total. The number of aromatic nitrogens is 2. The highest BCUT2D eigenvalue weighted by Gasteiger charge is 2.27. The third-order valence-corrected chi connectivity index (χ3v) is 4.64. The van der Waals surface area contributed by atoms with E-state index in [0.29, 0.717) is 6.04 Å². The molecule has 1 fully saturated rings. The van der Waals surface area contributed by atoms with E-state index in [1.807, 2.05) is 12.3 Å². The molecule has 0 saturated carbocycles. The van der Waals surface area contributed by atoms with Crippen molar-refractivity contribution in [3.63, 3.8) is 0 Å².